The van der Waals surface area contributed by atoms with Crippen molar-refractivity contribution < 1.29 is 0 Å². The molecular formula is C16H12S. The molecule has 0 spiro atoms. The molecule has 82 valence electrons. The lowest BCUT2D eigenvalue weighted by Gasteiger charge is -2.08. The first kappa shape index (κ1) is 10.4. The second-order valence-corrected chi connectivity index (χ2v) is 4.53. The summed E-state index contributed by atoms with van der Waals surface area (Å²) < 4.78 is 0. The van der Waals surface area contributed by atoms with Crippen LogP contribution in [0.15, 0.2) is 71.6 Å². The van der Waals surface area contributed by atoms with Gasteiger partial charge in [0, 0.05) is 10.3 Å². The summed E-state index contributed by atoms with van der Waals surface area (Å²) in [5.41, 5.74) is 2.48. The van der Waals surface area contributed by atoms with E-state index in [2.05, 4.69) is 61.2 Å². The maximum Gasteiger partial charge on any atom is 0.0125 e. The highest BCUT2D eigenvalue weighted by Gasteiger charge is 2.05. The molecule has 0 unspecified atom stereocenters. The first-order valence-electron chi connectivity index (χ1n) is 5.62. The normalized spacial score (nSPS) is 10.6. The van der Waals surface area contributed by atoms with Crippen LogP contribution in [-0.4, -0.2) is 0 Å². The second kappa shape index (κ2) is 4.27. The van der Waals surface area contributed by atoms with Gasteiger partial charge in [-0.2, -0.15) is 0 Å². The van der Waals surface area contributed by atoms with Gasteiger partial charge < -0.3 is 0 Å². The highest BCUT2D eigenvalue weighted by Crippen LogP contribution is 2.32. The molecule has 3 rings (SSSR count). The lowest BCUT2D eigenvalue weighted by molar-refractivity contribution is 1.55. The van der Waals surface area contributed by atoms with Crippen LogP contribution in [-0.2, 0) is 0 Å². The van der Waals surface area contributed by atoms with Gasteiger partial charge in [-0.25, -0.2) is 0 Å². The molecule has 0 fully saturated rings. The summed E-state index contributed by atoms with van der Waals surface area (Å²) in [5, 5.41) is 2.46. The van der Waals surface area contributed by atoms with Crippen LogP contribution >= 0.6 is 12.6 Å². The molecule has 3 aromatic rings. The zero-order valence-electron chi connectivity index (χ0n) is 9.30. The summed E-state index contributed by atoms with van der Waals surface area (Å²) in [5.74, 6) is 0. The molecule has 0 saturated carbocycles. The van der Waals surface area contributed by atoms with Gasteiger partial charge in [0.25, 0.3) is 0 Å². The third kappa shape index (κ3) is 1.83. The molecule has 0 aromatic heterocycles. The second-order valence-electron chi connectivity index (χ2n) is 4.05. The van der Waals surface area contributed by atoms with Crippen LogP contribution in [0.3, 0.4) is 0 Å². The molecular weight excluding hydrogens is 224 g/mol. The monoisotopic (exact) mass is 236 g/mol. The van der Waals surface area contributed by atoms with Crippen LogP contribution in [0.25, 0.3) is 21.9 Å². The van der Waals surface area contributed by atoms with E-state index in [9.17, 15) is 0 Å². The predicted molar refractivity (Wildman–Crippen MR) is 76.6 cm³/mol. The summed E-state index contributed by atoms with van der Waals surface area (Å²) >= 11 is 4.57. The molecule has 0 aliphatic carbocycles. The van der Waals surface area contributed by atoms with E-state index in [4.69, 9.17) is 0 Å². The molecule has 0 heterocycles. The fourth-order valence-electron chi connectivity index (χ4n) is 2.18. The van der Waals surface area contributed by atoms with Crippen molar-refractivity contribution in [1.82, 2.24) is 0 Å². The molecule has 0 N–H and O–H groups in total. The van der Waals surface area contributed by atoms with Crippen LogP contribution in [0.4, 0.5) is 0 Å². The third-order valence-electron chi connectivity index (χ3n) is 2.97. The Morgan fingerprint density at radius 2 is 1.35 bits per heavy atom. The van der Waals surface area contributed by atoms with Gasteiger partial charge in [0.05, 0.1) is 0 Å². The summed E-state index contributed by atoms with van der Waals surface area (Å²) in [4.78, 5) is 1.03. The highest BCUT2D eigenvalue weighted by atomic mass is 32.1. The molecule has 0 aliphatic heterocycles. The molecule has 1 heteroatoms. The van der Waals surface area contributed by atoms with Crippen molar-refractivity contribution in [3.05, 3.63) is 66.7 Å². The largest absolute Gasteiger partial charge is 0.143 e. The Hall–Kier alpha value is -1.73. The van der Waals surface area contributed by atoms with Gasteiger partial charge in [0.2, 0.25) is 0 Å². The molecule has 17 heavy (non-hydrogen) atoms. The van der Waals surface area contributed by atoms with E-state index in [0.29, 0.717) is 0 Å². The Labute approximate surface area is 106 Å². The number of benzene rings is 3. The van der Waals surface area contributed by atoms with Crippen LogP contribution in [0, 0.1) is 0 Å². The zero-order valence-corrected chi connectivity index (χ0v) is 10.2. The Balaban J connectivity index is 2.38. The van der Waals surface area contributed by atoms with E-state index in [0.717, 1.165) is 4.90 Å². The number of hydrogen-bond donors (Lipinski definition) is 1. The fraction of sp³-hybridized carbons (Fsp3) is 0. The van der Waals surface area contributed by atoms with Crippen molar-refractivity contribution in [2.24, 2.45) is 0 Å². The van der Waals surface area contributed by atoms with Crippen LogP contribution in [0.1, 0.15) is 0 Å². The van der Waals surface area contributed by atoms with Crippen LogP contribution in [0.2, 0.25) is 0 Å². The van der Waals surface area contributed by atoms with Crippen LogP contribution in [0.5, 0.6) is 0 Å². The number of fused-ring (bicyclic) bond motifs is 1. The molecule has 0 aliphatic rings. The highest BCUT2D eigenvalue weighted by molar-refractivity contribution is 7.80. The van der Waals surface area contributed by atoms with E-state index in [-0.39, 0.29) is 0 Å². The van der Waals surface area contributed by atoms with Gasteiger partial charge in [-0.05, 0) is 22.6 Å². The van der Waals surface area contributed by atoms with Crippen molar-refractivity contribution >= 4 is 23.4 Å². The van der Waals surface area contributed by atoms with Crippen LogP contribution < -0.4 is 0 Å². The Morgan fingerprint density at radius 3 is 2.12 bits per heavy atom. The van der Waals surface area contributed by atoms with Crippen molar-refractivity contribution in [2.45, 2.75) is 4.90 Å². The average molecular weight is 236 g/mol. The molecule has 0 radical (unpaired) electrons. The van der Waals surface area contributed by atoms with Crippen molar-refractivity contribution in [3.8, 4) is 11.1 Å². The number of rotatable bonds is 1. The third-order valence-corrected chi connectivity index (χ3v) is 3.34. The van der Waals surface area contributed by atoms with Gasteiger partial charge in [-0.1, -0.05) is 60.7 Å². The molecule has 0 amide bonds. The smallest absolute Gasteiger partial charge is 0.0125 e. The topological polar surface area (TPSA) is 0 Å². The molecule has 0 saturated heterocycles. The fourth-order valence-corrected chi connectivity index (χ4v) is 2.52. The van der Waals surface area contributed by atoms with E-state index in [1.165, 1.54) is 21.9 Å². The lowest BCUT2D eigenvalue weighted by atomic mass is 9.98. The zero-order chi connectivity index (χ0) is 11.7. The standard InChI is InChI=1S/C16H12S/c17-15-11-5-9-13-8-4-10-14(16(13)15)12-6-2-1-3-7-12/h1-11,17H. The van der Waals surface area contributed by atoms with Gasteiger partial charge in [-0.15, -0.1) is 12.6 Å². The predicted octanol–water partition coefficient (Wildman–Crippen LogP) is 4.80. The maximum atomic E-state index is 4.57. The number of hydrogen-bond acceptors (Lipinski definition) is 1. The SMILES string of the molecule is Sc1cccc2cccc(-c3ccccc3)c12. The van der Waals surface area contributed by atoms with E-state index in [1.807, 2.05) is 18.2 Å². The van der Waals surface area contributed by atoms with Crippen molar-refractivity contribution in [2.75, 3.05) is 0 Å². The molecule has 0 nitrogen and oxygen atoms in total. The van der Waals surface area contributed by atoms with Gasteiger partial charge in [0.1, 0.15) is 0 Å². The summed E-state index contributed by atoms with van der Waals surface area (Å²) in [6.45, 7) is 0. The summed E-state index contributed by atoms with van der Waals surface area (Å²) in [6.07, 6.45) is 0. The van der Waals surface area contributed by atoms with Gasteiger partial charge in [-0.3, -0.25) is 0 Å². The molecule has 0 bridgehead atoms. The Kier molecular flexibility index (Phi) is 2.62. The van der Waals surface area contributed by atoms with E-state index < -0.39 is 0 Å². The van der Waals surface area contributed by atoms with Gasteiger partial charge in [0.15, 0.2) is 0 Å². The summed E-state index contributed by atoms with van der Waals surface area (Å²) in [6, 6.07) is 23.0. The van der Waals surface area contributed by atoms with Crippen molar-refractivity contribution in [3.63, 3.8) is 0 Å². The van der Waals surface area contributed by atoms with Crippen molar-refractivity contribution in [1.29, 1.82) is 0 Å². The minimum atomic E-state index is 1.03. The maximum absolute atomic E-state index is 4.57. The van der Waals surface area contributed by atoms with Gasteiger partial charge >= 0.3 is 0 Å². The first-order valence-corrected chi connectivity index (χ1v) is 6.07. The minimum Gasteiger partial charge on any atom is -0.143 e. The molecule has 0 atom stereocenters. The quantitative estimate of drug-likeness (QED) is 0.577. The Morgan fingerprint density at radius 1 is 0.647 bits per heavy atom. The summed E-state index contributed by atoms with van der Waals surface area (Å²) in [7, 11) is 0. The number of thiol groups is 1. The van der Waals surface area contributed by atoms with E-state index in [1.54, 1.807) is 0 Å². The average Bonchev–Trinajstić information content (AvgIpc) is 2.39. The molecule has 3 aromatic carbocycles. The Bertz CT molecular complexity index is 651. The lowest BCUT2D eigenvalue weighted by Crippen LogP contribution is -1.82. The van der Waals surface area contributed by atoms with E-state index >= 15 is 0 Å². The first-order chi connectivity index (χ1) is 8.36. The minimum absolute atomic E-state index is 1.03.